The zero-order chi connectivity index (χ0) is 28.0. The Labute approximate surface area is 233 Å². The molecule has 1 saturated heterocycles. The van der Waals surface area contributed by atoms with Crippen LogP contribution in [0, 0.1) is 22.0 Å². The molecule has 1 aromatic carbocycles. The molecule has 0 bridgehead atoms. The fourth-order valence-electron chi connectivity index (χ4n) is 5.61. The van der Waals surface area contributed by atoms with Gasteiger partial charge >= 0.3 is 5.97 Å². The van der Waals surface area contributed by atoms with Crippen molar-refractivity contribution in [1.82, 2.24) is 9.30 Å². The number of benzene rings is 1. The van der Waals surface area contributed by atoms with E-state index in [1.807, 2.05) is 36.2 Å². The summed E-state index contributed by atoms with van der Waals surface area (Å²) in [6, 6.07) is 5.46. The van der Waals surface area contributed by atoms with Crippen LogP contribution in [-0.2, 0) is 27.5 Å². The second-order valence-corrected chi connectivity index (χ2v) is 11.4. The van der Waals surface area contributed by atoms with Crippen LogP contribution in [0.15, 0.2) is 60.2 Å². The second kappa shape index (κ2) is 10.6. The van der Waals surface area contributed by atoms with E-state index in [-0.39, 0.29) is 35.9 Å². The van der Waals surface area contributed by atoms with Crippen molar-refractivity contribution in [3.8, 4) is 0 Å². The first-order valence-electron chi connectivity index (χ1n) is 12.6. The number of amides is 1. The molecular weight excluding hydrogens is 540 g/mol. The van der Waals surface area contributed by atoms with Crippen molar-refractivity contribution >= 4 is 51.1 Å². The number of aliphatic hydroxyl groups is 1. The highest BCUT2D eigenvalue weighted by molar-refractivity contribution is 7.98. The van der Waals surface area contributed by atoms with Gasteiger partial charge in [-0.25, -0.2) is 9.36 Å². The predicted molar refractivity (Wildman–Crippen MR) is 147 cm³/mol. The summed E-state index contributed by atoms with van der Waals surface area (Å²) in [7, 11) is 0. The van der Waals surface area contributed by atoms with E-state index in [2.05, 4.69) is 11.1 Å². The standard InChI is InChI=1S/C27H29N4O6S2/c1-5-11-28-14-29-12-19(39-26(29)25(28)38-4)21-18(6-2)22-20(15(3)32)24(33)30(22)23(21)27(34)37-13-16-7-9-17(10-8-16)31(35)36/h5,7-10,12,14-15,18,20,22,32H,1,6,11,13H2,2-4H3/q+1/t15-,18+,20-,22-/m1/s1. The lowest BCUT2D eigenvalue weighted by atomic mass is 9.76. The Morgan fingerprint density at radius 3 is 2.69 bits per heavy atom. The number of β-lactam (4-membered cyclic amide) rings is 1. The molecule has 204 valence electrons. The van der Waals surface area contributed by atoms with Crippen LogP contribution < -0.4 is 4.57 Å². The summed E-state index contributed by atoms with van der Waals surface area (Å²) in [5.74, 6) is -1.66. The maximum Gasteiger partial charge on any atom is 0.355 e. The molecular formula is C27H29N4O6S2+. The number of imidazole rings is 1. The van der Waals surface area contributed by atoms with Crippen molar-refractivity contribution in [2.24, 2.45) is 11.8 Å². The van der Waals surface area contributed by atoms with Crippen LogP contribution in [0.1, 0.15) is 30.7 Å². The fraction of sp³-hybridized carbons (Fsp3) is 0.370. The third kappa shape index (κ3) is 4.46. The van der Waals surface area contributed by atoms with Crippen LogP contribution in [0.25, 0.3) is 10.4 Å². The number of thiazole rings is 1. The minimum Gasteiger partial charge on any atom is -0.456 e. The lowest BCUT2D eigenvalue weighted by Gasteiger charge is -2.47. The Kier molecular flexibility index (Phi) is 7.36. The summed E-state index contributed by atoms with van der Waals surface area (Å²) in [5, 5.41) is 22.4. The molecule has 1 N–H and O–H groups in total. The smallest absolute Gasteiger partial charge is 0.355 e. The quantitative estimate of drug-likeness (QED) is 0.0750. The summed E-state index contributed by atoms with van der Waals surface area (Å²) in [6.07, 6.45) is 7.65. The maximum atomic E-state index is 13.6. The molecule has 3 aromatic rings. The van der Waals surface area contributed by atoms with Crippen molar-refractivity contribution in [3.63, 3.8) is 0 Å². The number of fused-ring (bicyclic) bond motifs is 2. The van der Waals surface area contributed by atoms with Crippen LogP contribution in [0.4, 0.5) is 5.69 Å². The Hall–Kier alpha value is -3.48. The number of carbonyl (C=O) groups is 2. The van der Waals surface area contributed by atoms with Crippen LogP contribution in [-0.4, -0.2) is 49.6 Å². The van der Waals surface area contributed by atoms with Gasteiger partial charge in [-0.3, -0.25) is 14.9 Å². The summed E-state index contributed by atoms with van der Waals surface area (Å²) in [5.41, 5.74) is 1.51. The van der Waals surface area contributed by atoms with Gasteiger partial charge in [0.1, 0.15) is 25.0 Å². The fourth-order valence-corrected chi connectivity index (χ4v) is 7.76. The van der Waals surface area contributed by atoms with Crippen molar-refractivity contribution in [2.45, 2.75) is 50.6 Å². The molecule has 2 aromatic heterocycles. The molecule has 0 saturated carbocycles. The van der Waals surface area contributed by atoms with E-state index in [1.54, 1.807) is 30.0 Å². The number of allylic oxidation sites excluding steroid dienone is 1. The minimum atomic E-state index is -0.843. The number of thioether (sulfide) groups is 1. The van der Waals surface area contributed by atoms with Crippen molar-refractivity contribution in [1.29, 1.82) is 0 Å². The topological polar surface area (TPSA) is 118 Å². The van der Waals surface area contributed by atoms with Gasteiger partial charge in [-0.2, -0.15) is 4.40 Å². The molecule has 12 heteroatoms. The molecule has 0 unspecified atom stereocenters. The molecule has 39 heavy (non-hydrogen) atoms. The van der Waals surface area contributed by atoms with Gasteiger partial charge in [-0.05, 0) is 37.3 Å². The van der Waals surface area contributed by atoms with Gasteiger partial charge in [0, 0.05) is 23.6 Å². The average molecular weight is 570 g/mol. The molecule has 0 aliphatic carbocycles. The van der Waals surface area contributed by atoms with Gasteiger partial charge in [0.25, 0.3) is 12.0 Å². The van der Waals surface area contributed by atoms with Gasteiger partial charge < -0.3 is 14.7 Å². The number of nitro groups is 1. The predicted octanol–water partition coefficient (Wildman–Crippen LogP) is 3.81. The number of hydrogen-bond acceptors (Lipinski definition) is 8. The first-order chi connectivity index (χ1) is 18.7. The molecule has 2 aliphatic heterocycles. The first kappa shape index (κ1) is 27.1. The third-order valence-corrected chi connectivity index (χ3v) is 9.41. The highest BCUT2D eigenvalue weighted by atomic mass is 32.2. The van der Waals surface area contributed by atoms with Crippen LogP contribution in [0.5, 0.6) is 0 Å². The number of nitrogens with zero attached hydrogens (tertiary/aromatic N) is 4. The molecule has 4 heterocycles. The Morgan fingerprint density at radius 2 is 2.10 bits per heavy atom. The Balaban J connectivity index is 1.54. The van der Waals surface area contributed by atoms with E-state index in [0.717, 1.165) is 20.3 Å². The second-order valence-electron chi connectivity index (χ2n) is 9.62. The molecule has 0 radical (unpaired) electrons. The number of aliphatic hydroxyl groups excluding tert-OH is 1. The summed E-state index contributed by atoms with van der Waals surface area (Å²) < 4.78 is 9.79. The molecule has 10 nitrogen and oxygen atoms in total. The molecule has 1 amide bonds. The van der Waals surface area contributed by atoms with E-state index in [9.17, 15) is 24.8 Å². The lowest BCUT2D eigenvalue weighted by Crippen LogP contribution is -2.63. The van der Waals surface area contributed by atoms with Crippen molar-refractivity contribution in [3.05, 3.63) is 75.7 Å². The lowest BCUT2D eigenvalue weighted by molar-refractivity contribution is -0.720. The van der Waals surface area contributed by atoms with Gasteiger partial charge in [0.2, 0.25) is 15.8 Å². The molecule has 2 aliphatic rings. The summed E-state index contributed by atoms with van der Waals surface area (Å²) in [6.45, 7) is 8.03. The van der Waals surface area contributed by atoms with E-state index < -0.39 is 22.9 Å². The van der Waals surface area contributed by atoms with Crippen molar-refractivity contribution in [2.75, 3.05) is 6.26 Å². The summed E-state index contributed by atoms with van der Waals surface area (Å²) in [4.78, 5) is 40.6. The molecule has 0 spiro atoms. The molecule has 1 fully saturated rings. The van der Waals surface area contributed by atoms with E-state index in [4.69, 9.17) is 4.74 Å². The number of esters is 1. The average Bonchev–Trinajstić information content (AvgIpc) is 3.54. The number of rotatable bonds is 10. The SMILES string of the molecule is C=CC[n+]1cn2cc(C3=C(C(=O)OCc4ccc([N+](=O)[O-])cc4)N4C(=O)[C@H]([C@@H](C)O)[C@H]4[C@H]3CC)sc2c1SC. The van der Waals surface area contributed by atoms with E-state index in [0.29, 0.717) is 18.5 Å². The maximum absolute atomic E-state index is 13.6. The normalized spacial score (nSPS) is 21.2. The van der Waals surface area contributed by atoms with Crippen LogP contribution in [0.2, 0.25) is 0 Å². The number of ether oxygens (including phenoxy) is 1. The Morgan fingerprint density at radius 1 is 1.38 bits per heavy atom. The molecule has 5 rings (SSSR count). The van der Waals surface area contributed by atoms with Crippen LogP contribution in [0.3, 0.4) is 0 Å². The zero-order valence-corrected chi connectivity index (χ0v) is 23.4. The Bertz CT molecular complexity index is 1510. The van der Waals surface area contributed by atoms with Crippen molar-refractivity contribution < 1.29 is 28.9 Å². The minimum absolute atomic E-state index is 0.0528. The summed E-state index contributed by atoms with van der Waals surface area (Å²) >= 11 is 3.18. The van der Waals surface area contributed by atoms with E-state index >= 15 is 0 Å². The highest BCUT2D eigenvalue weighted by Gasteiger charge is 2.61. The first-order valence-corrected chi connectivity index (χ1v) is 14.6. The largest absolute Gasteiger partial charge is 0.456 e. The van der Waals surface area contributed by atoms with E-state index in [1.165, 1.54) is 29.2 Å². The van der Waals surface area contributed by atoms with Gasteiger partial charge in [0.05, 0.1) is 27.9 Å². The van der Waals surface area contributed by atoms with Gasteiger partial charge in [-0.15, -0.1) is 0 Å². The molecule has 4 atom stereocenters. The number of carbonyl (C=O) groups excluding carboxylic acids is 2. The number of aromatic nitrogens is 2. The van der Waals surface area contributed by atoms with Crippen LogP contribution >= 0.6 is 23.1 Å². The number of non-ortho nitro benzene ring substituents is 1. The number of nitro benzene ring substituents is 1. The van der Waals surface area contributed by atoms with Gasteiger partial charge in [-0.1, -0.05) is 42.7 Å². The zero-order valence-electron chi connectivity index (χ0n) is 21.8. The monoisotopic (exact) mass is 569 g/mol. The third-order valence-electron chi connectivity index (χ3n) is 7.33. The number of hydrogen-bond donors (Lipinski definition) is 1. The highest BCUT2D eigenvalue weighted by Crippen LogP contribution is 2.53. The van der Waals surface area contributed by atoms with Gasteiger partial charge in [0.15, 0.2) is 0 Å².